The molecule has 0 amide bonds. The molecule has 3 rings (SSSR count). The minimum atomic E-state index is 0. The van der Waals surface area contributed by atoms with Gasteiger partial charge in [0.05, 0.1) is 12.7 Å². The van der Waals surface area contributed by atoms with Crippen LogP contribution in [0.15, 0.2) is 42.5 Å². The van der Waals surface area contributed by atoms with Crippen molar-refractivity contribution >= 4 is 29.5 Å². The van der Waals surface area contributed by atoms with E-state index >= 15 is 0 Å². The number of phenolic OH excluding ortho intramolecular Hbond substituents is 1. The largest absolute Gasteiger partial charge is 0.508 e. The van der Waals surface area contributed by atoms with Gasteiger partial charge in [0.15, 0.2) is 0 Å². The molecule has 1 unspecified atom stereocenters. The normalized spacial score (nSPS) is 16.1. The third-order valence-electron chi connectivity index (χ3n) is 3.28. The van der Waals surface area contributed by atoms with Crippen LogP contribution in [0.5, 0.6) is 5.75 Å². The molecule has 0 spiro atoms. The SMILES string of the molecule is Cl.Nc1cccc(N)c1CC1CCOO1.Nc1cccc(O)c1. The molecular weight excluding hydrogens is 318 g/mol. The Morgan fingerprint density at radius 2 is 1.70 bits per heavy atom. The maximum atomic E-state index is 8.73. The Bertz CT molecular complexity index is 582. The lowest BCUT2D eigenvalue weighted by Gasteiger charge is -2.11. The summed E-state index contributed by atoms with van der Waals surface area (Å²) >= 11 is 0. The van der Waals surface area contributed by atoms with E-state index in [1.54, 1.807) is 18.2 Å². The van der Waals surface area contributed by atoms with Crippen molar-refractivity contribution in [3.05, 3.63) is 48.0 Å². The molecule has 0 radical (unpaired) electrons. The number of phenols is 1. The van der Waals surface area contributed by atoms with Gasteiger partial charge in [-0.15, -0.1) is 12.4 Å². The minimum absolute atomic E-state index is 0. The van der Waals surface area contributed by atoms with Crippen molar-refractivity contribution in [2.24, 2.45) is 0 Å². The summed E-state index contributed by atoms with van der Waals surface area (Å²) in [4.78, 5) is 9.88. The van der Waals surface area contributed by atoms with Crippen molar-refractivity contribution in [2.75, 3.05) is 23.8 Å². The lowest BCUT2D eigenvalue weighted by Crippen LogP contribution is -2.12. The van der Waals surface area contributed by atoms with Crippen molar-refractivity contribution in [1.29, 1.82) is 0 Å². The highest BCUT2D eigenvalue weighted by Gasteiger charge is 2.19. The maximum absolute atomic E-state index is 8.73. The number of nitrogen functional groups attached to an aromatic ring is 3. The molecule has 0 bridgehead atoms. The van der Waals surface area contributed by atoms with Crippen LogP contribution in [0.25, 0.3) is 0 Å². The predicted molar refractivity (Wildman–Crippen MR) is 94.2 cm³/mol. The van der Waals surface area contributed by atoms with Crippen molar-refractivity contribution < 1.29 is 14.9 Å². The van der Waals surface area contributed by atoms with E-state index in [4.69, 9.17) is 32.1 Å². The molecule has 0 saturated carbocycles. The first kappa shape index (κ1) is 18.9. The minimum Gasteiger partial charge on any atom is -0.508 e. The molecule has 1 aliphatic rings. The van der Waals surface area contributed by atoms with E-state index in [0.29, 0.717) is 12.3 Å². The number of anilines is 3. The Kier molecular flexibility index (Phi) is 7.47. The van der Waals surface area contributed by atoms with Crippen molar-refractivity contribution in [2.45, 2.75) is 18.9 Å². The van der Waals surface area contributed by atoms with Gasteiger partial charge in [-0.2, -0.15) is 0 Å². The Balaban J connectivity index is 0.000000253. The number of aromatic hydroxyl groups is 1. The van der Waals surface area contributed by atoms with Crippen LogP contribution in [0.4, 0.5) is 17.1 Å². The zero-order valence-electron chi connectivity index (χ0n) is 12.6. The summed E-state index contributed by atoms with van der Waals surface area (Å²) < 4.78 is 0. The van der Waals surface area contributed by atoms with Gasteiger partial charge in [-0.1, -0.05) is 12.1 Å². The number of nitrogens with two attached hydrogens (primary N) is 3. The van der Waals surface area contributed by atoms with Crippen LogP contribution in [-0.4, -0.2) is 17.8 Å². The molecule has 0 aromatic heterocycles. The monoisotopic (exact) mass is 339 g/mol. The second-order valence-corrected chi connectivity index (χ2v) is 5.04. The summed E-state index contributed by atoms with van der Waals surface area (Å²) in [7, 11) is 0. The molecule has 1 heterocycles. The lowest BCUT2D eigenvalue weighted by atomic mass is 10.0. The number of halogens is 1. The van der Waals surface area contributed by atoms with E-state index in [1.807, 2.05) is 18.2 Å². The van der Waals surface area contributed by atoms with Crippen molar-refractivity contribution in [1.82, 2.24) is 0 Å². The summed E-state index contributed by atoms with van der Waals surface area (Å²) in [6.45, 7) is 0.650. The van der Waals surface area contributed by atoms with Crippen LogP contribution in [0, 0.1) is 0 Å². The molecule has 1 fully saturated rings. The molecule has 1 atom stereocenters. The topological polar surface area (TPSA) is 117 Å². The Morgan fingerprint density at radius 3 is 2.17 bits per heavy atom. The zero-order valence-corrected chi connectivity index (χ0v) is 13.5. The van der Waals surface area contributed by atoms with Crippen molar-refractivity contribution in [3.8, 4) is 5.75 Å². The fourth-order valence-electron chi connectivity index (χ4n) is 2.12. The van der Waals surface area contributed by atoms with E-state index in [1.165, 1.54) is 6.07 Å². The summed E-state index contributed by atoms with van der Waals surface area (Å²) in [5, 5.41) is 8.73. The molecular formula is C16H22ClN3O3. The first-order valence-corrected chi connectivity index (χ1v) is 7.02. The van der Waals surface area contributed by atoms with Crippen LogP contribution in [-0.2, 0) is 16.2 Å². The first-order chi connectivity index (χ1) is 10.6. The Morgan fingerprint density at radius 1 is 1.04 bits per heavy atom. The van der Waals surface area contributed by atoms with Gasteiger partial charge in [-0.3, -0.25) is 0 Å². The molecule has 6 nitrogen and oxygen atoms in total. The van der Waals surface area contributed by atoms with E-state index in [-0.39, 0.29) is 24.3 Å². The molecule has 2 aromatic rings. The van der Waals surface area contributed by atoms with Crippen LogP contribution >= 0.6 is 12.4 Å². The third kappa shape index (κ3) is 5.86. The highest BCUT2D eigenvalue weighted by molar-refractivity contribution is 5.85. The highest BCUT2D eigenvalue weighted by Crippen LogP contribution is 2.24. The van der Waals surface area contributed by atoms with Gasteiger partial charge < -0.3 is 22.3 Å². The summed E-state index contributed by atoms with van der Waals surface area (Å²) in [5.74, 6) is 0.213. The van der Waals surface area contributed by atoms with E-state index in [0.717, 1.165) is 29.8 Å². The average Bonchev–Trinajstić information content (AvgIpc) is 2.96. The molecule has 7 heteroatoms. The second-order valence-electron chi connectivity index (χ2n) is 5.04. The number of hydrogen-bond donors (Lipinski definition) is 4. The fraction of sp³-hybridized carbons (Fsp3) is 0.250. The van der Waals surface area contributed by atoms with Gasteiger partial charge in [-0.25, -0.2) is 9.78 Å². The third-order valence-corrected chi connectivity index (χ3v) is 3.28. The maximum Gasteiger partial charge on any atom is 0.117 e. The van der Waals surface area contributed by atoms with Gasteiger partial charge in [0, 0.05) is 41.5 Å². The number of rotatable bonds is 2. The van der Waals surface area contributed by atoms with Crippen molar-refractivity contribution in [3.63, 3.8) is 0 Å². The lowest BCUT2D eigenvalue weighted by molar-refractivity contribution is -0.273. The van der Waals surface area contributed by atoms with Gasteiger partial charge in [-0.05, 0) is 24.3 Å². The molecule has 1 aliphatic heterocycles. The molecule has 126 valence electrons. The molecule has 2 aromatic carbocycles. The average molecular weight is 340 g/mol. The van der Waals surface area contributed by atoms with Gasteiger partial charge >= 0.3 is 0 Å². The van der Waals surface area contributed by atoms with E-state index in [2.05, 4.69) is 0 Å². The standard InChI is InChI=1S/C10H14N2O2.C6H7NO.ClH/c11-9-2-1-3-10(12)8(9)6-7-4-5-13-14-7;7-5-2-1-3-6(8)4-5;/h1-3,7H,4-6,11-12H2;1-4,8H,7H2;1H. The second kappa shape index (κ2) is 9.09. The highest BCUT2D eigenvalue weighted by atomic mass is 35.5. The quantitative estimate of drug-likeness (QED) is 0.493. The van der Waals surface area contributed by atoms with Gasteiger partial charge in [0.25, 0.3) is 0 Å². The van der Waals surface area contributed by atoms with Gasteiger partial charge in [0.2, 0.25) is 0 Å². The molecule has 23 heavy (non-hydrogen) atoms. The molecule has 1 saturated heterocycles. The zero-order chi connectivity index (χ0) is 15.9. The Labute approximate surface area is 141 Å². The summed E-state index contributed by atoms with van der Waals surface area (Å²) in [6, 6.07) is 12.0. The predicted octanol–water partition coefficient (Wildman–Crippen LogP) is 2.51. The smallest absolute Gasteiger partial charge is 0.117 e. The molecule has 0 aliphatic carbocycles. The summed E-state index contributed by atoms with van der Waals surface area (Å²) in [5.41, 5.74) is 19.9. The number of benzene rings is 2. The van der Waals surface area contributed by atoms with Gasteiger partial charge in [0.1, 0.15) is 5.75 Å². The Hall–Kier alpha value is -2.15. The van der Waals surface area contributed by atoms with Crippen LogP contribution in [0.3, 0.4) is 0 Å². The number of hydrogen-bond acceptors (Lipinski definition) is 6. The fourth-order valence-corrected chi connectivity index (χ4v) is 2.12. The van der Waals surface area contributed by atoms with Crippen LogP contribution < -0.4 is 17.2 Å². The van der Waals surface area contributed by atoms with Crippen LogP contribution in [0.1, 0.15) is 12.0 Å². The van der Waals surface area contributed by atoms with E-state index < -0.39 is 0 Å². The first-order valence-electron chi connectivity index (χ1n) is 7.02. The summed E-state index contributed by atoms with van der Waals surface area (Å²) in [6.07, 6.45) is 1.70. The van der Waals surface area contributed by atoms with E-state index in [9.17, 15) is 0 Å². The van der Waals surface area contributed by atoms with Crippen LogP contribution in [0.2, 0.25) is 0 Å². The molecule has 7 N–H and O–H groups in total.